The molecule has 1 nitrogen and oxygen atoms in total. The summed E-state index contributed by atoms with van der Waals surface area (Å²) in [5.41, 5.74) is 3.14. The van der Waals surface area contributed by atoms with Crippen molar-refractivity contribution in [1.82, 2.24) is 4.90 Å². The van der Waals surface area contributed by atoms with Gasteiger partial charge < -0.3 is 0 Å². The Hall–Kier alpha value is -0.340. The number of benzene rings is 1. The van der Waals surface area contributed by atoms with Crippen molar-refractivity contribution in [1.29, 1.82) is 0 Å². The first-order valence-electron chi connectivity index (χ1n) is 6.76. The third-order valence-electron chi connectivity index (χ3n) is 4.28. The fraction of sp³-hybridized carbons (Fsp3) is 0.600. The van der Waals surface area contributed by atoms with Gasteiger partial charge in [-0.2, -0.15) is 0 Å². The van der Waals surface area contributed by atoms with E-state index in [1.807, 2.05) is 0 Å². The number of hydrogen-bond acceptors (Lipinski definition) is 1. The van der Waals surface area contributed by atoms with E-state index in [-0.39, 0.29) is 0 Å². The Morgan fingerprint density at radius 2 is 2.18 bits per heavy atom. The van der Waals surface area contributed by atoms with Crippen LogP contribution in [0, 0.1) is 5.92 Å². The molecular formula is C15H20BrN. The molecule has 0 spiro atoms. The Bertz CT molecular complexity index is 415. The van der Waals surface area contributed by atoms with Crippen LogP contribution in [0.4, 0.5) is 0 Å². The molecule has 0 amide bonds. The minimum Gasteiger partial charge on any atom is -0.296 e. The molecule has 0 N–H and O–H groups in total. The fourth-order valence-corrected chi connectivity index (χ4v) is 3.82. The molecule has 2 heteroatoms. The summed E-state index contributed by atoms with van der Waals surface area (Å²) in [5, 5.41) is 0. The Kier molecular flexibility index (Phi) is 3.27. The molecule has 1 fully saturated rings. The number of fused-ring (bicyclic) bond motifs is 1. The molecule has 1 heterocycles. The fourth-order valence-electron chi connectivity index (χ4n) is 3.44. The lowest BCUT2D eigenvalue weighted by Gasteiger charge is -2.36. The molecule has 1 aliphatic carbocycles. The first kappa shape index (κ1) is 11.7. The second kappa shape index (κ2) is 4.74. The molecule has 1 saturated heterocycles. The zero-order chi connectivity index (χ0) is 11.8. The van der Waals surface area contributed by atoms with Crippen molar-refractivity contribution in [2.75, 3.05) is 13.1 Å². The van der Waals surface area contributed by atoms with E-state index in [0.717, 1.165) is 5.92 Å². The van der Waals surface area contributed by atoms with E-state index in [9.17, 15) is 0 Å². The summed E-state index contributed by atoms with van der Waals surface area (Å²) in [4.78, 5) is 2.71. The van der Waals surface area contributed by atoms with Crippen LogP contribution in [0.3, 0.4) is 0 Å². The van der Waals surface area contributed by atoms with Gasteiger partial charge in [-0.3, -0.25) is 4.90 Å². The molecular weight excluding hydrogens is 274 g/mol. The number of hydrogen-bond donors (Lipinski definition) is 0. The number of nitrogens with zero attached hydrogens (tertiary/aromatic N) is 1. The summed E-state index contributed by atoms with van der Waals surface area (Å²) in [5.74, 6) is 0.875. The first-order chi connectivity index (χ1) is 8.24. The SMILES string of the molecule is CC1CCCN(C2CCc3ccc(Br)cc32)C1. The Morgan fingerprint density at radius 1 is 1.29 bits per heavy atom. The maximum absolute atomic E-state index is 3.61. The van der Waals surface area contributed by atoms with Gasteiger partial charge in [0, 0.05) is 17.1 Å². The molecule has 0 aromatic heterocycles. The van der Waals surface area contributed by atoms with Crippen LogP contribution >= 0.6 is 15.9 Å². The summed E-state index contributed by atoms with van der Waals surface area (Å²) in [6, 6.07) is 7.50. The Morgan fingerprint density at radius 3 is 3.00 bits per heavy atom. The van der Waals surface area contributed by atoms with Gasteiger partial charge in [0.2, 0.25) is 0 Å². The van der Waals surface area contributed by atoms with Crippen LogP contribution in [0.25, 0.3) is 0 Å². The van der Waals surface area contributed by atoms with E-state index in [2.05, 4.69) is 46.0 Å². The lowest BCUT2D eigenvalue weighted by atomic mass is 9.97. The lowest BCUT2D eigenvalue weighted by Crippen LogP contribution is -2.36. The van der Waals surface area contributed by atoms with Crippen molar-refractivity contribution in [2.24, 2.45) is 5.92 Å². The molecule has 2 aliphatic rings. The minimum atomic E-state index is 0.685. The predicted molar refractivity (Wildman–Crippen MR) is 75.2 cm³/mol. The number of rotatable bonds is 1. The highest BCUT2D eigenvalue weighted by atomic mass is 79.9. The van der Waals surface area contributed by atoms with E-state index in [0.29, 0.717) is 6.04 Å². The third-order valence-corrected chi connectivity index (χ3v) is 4.78. The van der Waals surface area contributed by atoms with Gasteiger partial charge in [-0.15, -0.1) is 0 Å². The predicted octanol–water partition coefficient (Wildman–Crippen LogP) is 4.17. The molecule has 0 radical (unpaired) electrons. The highest BCUT2D eigenvalue weighted by Gasteiger charge is 2.30. The number of likely N-dealkylation sites (tertiary alicyclic amines) is 1. The van der Waals surface area contributed by atoms with Gasteiger partial charge >= 0.3 is 0 Å². The molecule has 2 unspecified atom stereocenters. The maximum atomic E-state index is 3.61. The quantitative estimate of drug-likeness (QED) is 0.751. The second-order valence-electron chi connectivity index (χ2n) is 5.64. The standard InChI is InChI=1S/C15H20BrN/c1-11-3-2-8-17(10-11)15-7-5-12-4-6-13(16)9-14(12)15/h4,6,9,11,15H,2-3,5,7-8,10H2,1H3. The van der Waals surface area contributed by atoms with E-state index in [1.165, 1.54) is 43.2 Å². The summed E-state index contributed by atoms with van der Waals surface area (Å²) < 4.78 is 1.23. The molecule has 0 bridgehead atoms. The van der Waals surface area contributed by atoms with Crippen LogP contribution in [0.5, 0.6) is 0 Å². The first-order valence-corrected chi connectivity index (χ1v) is 7.55. The average Bonchev–Trinajstić information content (AvgIpc) is 2.71. The summed E-state index contributed by atoms with van der Waals surface area (Å²) in [7, 11) is 0. The van der Waals surface area contributed by atoms with Gasteiger partial charge in [-0.25, -0.2) is 0 Å². The van der Waals surface area contributed by atoms with Gasteiger partial charge in [-0.1, -0.05) is 28.9 Å². The van der Waals surface area contributed by atoms with E-state index in [4.69, 9.17) is 0 Å². The molecule has 92 valence electrons. The zero-order valence-corrected chi connectivity index (χ0v) is 12.0. The van der Waals surface area contributed by atoms with Crippen molar-refractivity contribution in [3.63, 3.8) is 0 Å². The molecule has 1 aromatic carbocycles. The highest BCUT2D eigenvalue weighted by Crippen LogP contribution is 2.38. The highest BCUT2D eigenvalue weighted by molar-refractivity contribution is 9.10. The summed E-state index contributed by atoms with van der Waals surface area (Å²) in [6.07, 6.45) is 5.37. The van der Waals surface area contributed by atoms with Crippen LogP contribution in [-0.2, 0) is 6.42 Å². The van der Waals surface area contributed by atoms with Crippen LogP contribution in [0.15, 0.2) is 22.7 Å². The Labute approximate surface area is 112 Å². The van der Waals surface area contributed by atoms with E-state index in [1.54, 1.807) is 11.1 Å². The largest absolute Gasteiger partial charge is 0.296 e. The van der Waals surface area contributed by atoms with Gasteiger partial charge in [0.05, 0.1) is 0 Å². The van der Waals surface area contributed by atoms with Gasteiger partial charge in [0.15, 0.2) is 0 Å². The molecule has 17 heavy (non-hydrogen) atoms. The van der Waals surface area contributed by atoms with Crippen molar-refractivity contribution >= 4 is 15.9 Å². The zero-order valence-electron chi connectivity index (χ0n) is 10.5. The van der Waals surface area contributed by atoms with Gasteiger partial charge in [0.25, 0.3) is 0 Å². The number of piperidine rings is 1. The monoisotopic (exact) mass is 293 g/mol. The maximum Gasteiger partial charge on any atom is 0.0354 e. The normalized spacial score (nSPS) is 29.3. The number of aryl methyl sites for hydroxylation is 1. The Balaban J connectivity index is 1.84. The average molecular weight is 294 g/mol. The molecule has 3 rings (SSSR count). The van der Waals surface area contributed by atoms with Gasteiger partial charge in [-0.05, 0) is 61.4 Å². The van der Waals surface area contributed by atoms with Gasteiger partial charge in [0.1, 0.15) is 0 Å². The number of halogens is 1. The van der Waals surface area contributed by atoms with Crippen molar-refractivity contribution in [2.45, 2.75) is 38.6 Å². The third kappa shape index (κ3) is 2.30. The van der Waals surface area contributed by atoms with Crippen LogP contribution in [0.2, 0.25) is 0 Å². The minimum absolute atomic E-state index is 0.685. The van der Waals surface area contributed by atoms with Crippen molar-refractivity contribution < 1.29 is 0 Å². The van der Waals surface area contributed by atoms with Crippen LogP contribution in [0.1, 0.15) is 43.4 Å². The molecule has 0 saturated carbocycles. The topological polar surface area (TPSA) is 3.24 Å². The van der Waals surface area contributed by atoms with Crippen LogP contribution in [-0.4, -0.2) is 18.0 Å². The van der Waals surface area contributed by atoms with Crippen molar-refractivity contribution in [3.05, 3.63) is 33.8 Å². The van der Waals surface area contributed by atoms with Crippen LogP contribution < -0.4 is 0 Å². The molecule has 2 atom stereocenters. The molecule has 1 aliphatic heterocycles. The summed E-state index contributed by atoms with van der Waals surface area (Å²) in [6.45, 7) is 4.97. The lowest BCUT2D eigenvalue weighted by molar-refractivity contribution is 0.129. The van der Waals surface area contributed by atoms with Crippen molar-refractivity contribution in [3.8, 4) is 0 Å². The van der Waals surface area contributed by atoms with E-state index < -0.39 is 0 Å². The molecule has 1 aromatic rings. The summed E-state index contributed by atoms with van der Waals surface area (Å²) >= 11 is 3.61. The van der Waals surface area contributed by atoms with E-state index >= 15 is 0 Å². The second-order valence-corrected chi connectivity index (χ2v) is 6.56. The smallest absolute Gasteiger partial charge is 0.0354 e.